The van der Waals surface area contributed by atoms with Gasteiger partial charge in [-0.3, -0.25) is 4.79 Å². The molecule has 1 aliphatic heterocycles. The highest BCUT2D eigenvalue weighted by molar-refractivity contribution is 5.78. The summed E-state index contributed by atoms with van der Waals surface area (Å²) in [5.74, 6) is 2.31. The molecule has 158 valence electrons. The Morgan fingerprint density at radius 3 is 2.67 bits per heavy atom. The van der Waals surface area contributed by atoms with Crippen LogP contribution in [-0.4, -0.2) is 59.2 Å². The Kier molecular flexibility index (Phi) is 6.02. The van der Waals surface area contributed by atoms with Crippen LogP contribution in [0.1, 0.15) is 26.2 Å². The minimum atomic E-state index is 0.00771. The van der Waals surface area contributed by atoms with Crippen LogP contribution in [0.25, 0.3) is 22.6 Å². The van der Waals surface area contributed by atoms with E-state index in [1.165, 1.54) is 6.42 Å². The van der Waals surface area contributed by atoms with Crippen molar-refractivity contribution >= 4 is 17.1 Å². The van der Waals surface area contributed by atoms with E-state index in [2.05, 4.69) is 15.0 Å². The molecule has 8 nitrogen and oxygen atoms in total. The van der Waals surface area contributed by atoms with E-state index in [1.54, 1.807) is 13.2 Å². The first-order chi connectivity index (χ1) is 14.7. The molecule has 0 atom stereocenters. The van der Waals surface area contributed by atoms with Crippen LogP contribution in [0.3, 0.4) is 0 Å². The minimum Gasteiger partial charge on any atom is -0.490 e. The Labute approximate surface area is 175 Å². The molecule has 1 aliphatic rings. The quantitative estimate of drug-likeness (QED) is 0.642. The monoisotopic (exact) mass is 410 g/mol. The molecule has 0 unspecified atom stereocenters. The Morgan fingerprint density at radius 2 is 1.90 bits per heavy atom. The van der Waals surface area contributed by atoms with Crippen LogP contribution in [0.2, 0.25) is 0 Å². The third kappa shape index (κ3) is 4.32. The van der Waals surface area contributed by atoms with Crippen molar-refractivity contribution in [3.63, 3.8) is 0 Å². The summed E-state index contributed by atoms with van der Waals surface area (Å²) in [6.45, 7) is 4.02. The molecule has 30 heavy (non-hydrogen) atoms. The minimum absolute atomic E-state index is 0.00771. The highest BCUT2D eigenvalue weighted by Crippen LogP contribution is 2.32. The fourth-order valence-electron chi connectivity index (χ4n) is 3.54. The van der Waals surface area contributed by atoms with Gasteiger partial charge in [0, 0.05) is 24.7 Å². The van der Waals surface area contributed by atoms with Crippen molar-refractivity contribution in [1.82, 2.24) is 19.9 Å². The molecule has 1 saturated heterocycles. The van der Waals surface area contributed by atoms with E-state index in [0.717, 1.165) is 37.0 Å². The summed E-state index contributed by atoms with van der Waals surface area (Å²) in [5, 5.41) is 0. The first-order valence-electron chi connectivity index (χ1n) is 10.3. The van der Waals surface area contributed by atoms with E-state index < -0.39 is 0 Å². The maximum atomic E-state index is 12.4. The van der Waals surface area contributed by atoms with Gasteiger partial charge in [-0.15, -0.1) is 0 Å². The van der Waals surface area contributed by atoms with E-state index in [0.29, 0.717) is 35.5 Å². The number of pyridine rings is 1. The average molecular weight is 410 g/mol. The first kappa shape index (κ1) is 20.0. The van der Waals surface area contributed by atoms with Crippen molar-refractivity contribution in [3.8, 4) is 28.8 Å². The average Bonchev–Trinajstić information content (AvgIpc) is 3.22. The predicted molar refractivity (Wildman–Crippen MR) is 113 cm³/mol. The van der Waals surface area contributed by atoms with Crippen molar-refractivity contribution in [3.05, 3.63) is 30.3 Å². The standard InChI is InChI=1S/C22H26N4O4/c1-3-29-18-13-15(21-23-16-8-10-19(28-2)24-22(16)25-21)7-9-17(18)30-14-20(27)26-11-5-4-6-12-26/h7-10,13H,3-6,11-12,14H2,1-2H3,(H,23,24,25). The lowest BCUT2D eigenvalue weighted by atomic mass is 10.1. The highest BCUT2D eigenvalue weighted by Gasteiger charge is 2.18. The zero-order valence-corrected chi connectivity index (χ0v) is 17.3. The number of ether oxygens (including phenoxy) is 3. The van der Waals surface area contributed by atoms with Gasteiger partial charge < -0.3 is 24.1 Å². The van der Waals surface area contributed by atoms with Crippen LogP contribution in [0, 0.1) is 0 Å². The van der Waals surface area contributed by atoms with Gasteiger partial charge in [0.1, 0.15) is 5.82 Å². The van der Waals surface area contributed by atoms with E-state index >= 15 is 0 Å². The summed E-state index contributed by atoms with van der Waals surface area (Å²) < 4.78 is 16.7. The predicted octanol–water partition coefficient (Wildman–Crippen LogP) is 3.42. The molecule has 8 heteroatoms. The summed E-state index contributed by atoms with van der Waals surface area (Å²) in [6, 6.07) is 9.22. The van der Waals surface area contributed by atoms with Gasteiger partial charge in [-0.1, -0.05) is 0 Å². The van der Waals surface area contributed by atoms with Crippen LogP contribution < -0.4 is 14.2 Å². The zero-order valence-electron chi connectivity index (χ0n) is 17.3. The Morgan fingerprint density at radius 1 is 1.07 bits per heavy atom. The summed E-state index contributed by atoms with van der Waals surface area (Å²) in [6.07, 6.45) is 3.30. The molecule has 1 N–H and O–H groups in total. The molecule has 3 heterocycles. The molecule has 0 radical (unpaired) electrons. The second-order valence-electron chi connectivity index (χ2n) is 7.13. The van der Waals surface area contributed by atoms with E-state index in [4.69, 9.17) is 14.2 Å². The van der Waals surface area contributed by atoms with Gasteiger partial charge in [0.25, 0.3) is 5.91 Å². The highest BCUT2D eigenvalue weighted by atomic mass is 16.5. The van der Waals surface area contributed by atoms with Gasteiger partial charge >= 0.3 is 0 Å². The van der Waals surface area contributed by atoms with Crippen LogP contribution in [-0.2, 0) is 4.79 Å². The van der Waals surface area contributed by atoms with Gasteiger partial charge in [0.2, 0.25) is 5.88 Å². The van der Waals surface area contributed by atoms with Crippen LogP contribution in [0.4, 0.5) is 0 Å². The Bertz CT molecular complexity index is 1030. The molecule has 1 aromatic carbocycles. The summed E-state index contributed by atoms with van der Waals surface area (Å²) >= 11 is 0. The Balaban J connectivity index is 1.53. The maximum Gasteiger partial charge on any atom is 0.260 e. The van der Waals surface area contributed by atoms with Crippen molar-refractivity contribution in [2.24, 2.45) is 0 Å². The number of nitrogens with one attached hydrogen (secondary N) is 1. The molecule has 0 saturated carbocycles. The van der Waals surface area contributed by atoms with Crippen molar-refractivity contribution in [2.45, 2.75) is 26.2 Å². The molecule has 2 aromatic heterocycles. The molecule has 0 spiro atoms. The molecule has 1 fully saturated rings. The molecule has 4 rings (SSSR count). The number of hydrogen-bond acceptors (Lipinski definition) is 6. The molecule has 3 aromatic rings. The normalized spacial score (nSPS) is 14.0. The van der Waals surface area contributed by atoms with E-state index in [1.807, 2.05) is 36.1 Å². The summed E-state index contributed by atoms with van der Waals surface area (Å²) in [7, 11) is 1.57. The SMILES string of the molecule is CCOc1cc(-c2nc3nc(OC)ccc3[nH]2)ccc1OCC(=O)N1CCCCC1. The van der Waals surface area contributed by atoms with E-state index in [-0.39, 0.29) is 12.5 Å². The van der Waals surface area contributed by atoms with Gasteiger partial charge in [0.15, 0.2) is 23.8 Å². The van der Waals surface area contributed by atoms with Crippen molar-refractivity contribution in [1.29, 1.82) is 0 Å². The van der Waals surface area contributed by atoms with Crippen molar-refractivity contribution in [2.75, 3.05) is 33.4 Å². The molecular weight excluding hydrogens is 384 g/mol. The number of fused-ring (bicyclic) bond motifs is 1. The van der Waals surface area contributed by atoms with Crippen LogP contribution >= 0.6 is 0 Å². The number of likely N-dealkylation sites (tertiary alicyclic amines) is 1. The molecule has 0 bridgehead atoms. The van der Waals surface area contributed by atoms with Crippen LogP contribution in [0.15, 0.2) is 30.3 Å². The third-order valence-electron chi connectivity index (χ3n) is 5.11. The number of rotatable bonds is 7. The lowest BCUT2D eigenvalue weighted by molar-refractivity contribution is -0.134. The zero-order chi connectivity index (χ0) is 20.9. The number of aromatic nitrogens is 3. The number of methoxy groups -OCH3 is 1. The second kappa shape index (κ2) is 9.02. The number of imidazole rings is 1. The largest absolute Gasteiger partial charge is 0.490 e. The number of piperidine rings is 1. The fraction of sp³-hybridized carbons (Fsp3) is 0.409. The summed E-state index contributed by atoms with van der Waals surface area (Å²) in [5.41, 5.74) is 2.23. The summed E-state index contributed by atoms with van der Waals surface area (Å²) in [4.78, 5) is 26.4. The second-order valence-corrected chi connectivity index (χ2v) is 7.13. The van der Waals surface area contributed by atoms with Gasteiger partial charge in [0.05, 0.1) is 19.2 Å². The number of nitrogens with zero attached hydrogens (tertiary/aromatic N) is 3. The molecule has 1 amide bonds. The smallest absolute Gasteiger partial charge is 0.260 e. The number of H-pyrrole nitrogens is 1. The number of aromatic amines is 1. The number of benzene rings is 1. The van der Waals surface area contributed by atoms with E-state index in [9.17, 15) is 4.79 Å². The topological polar surface area (TPSA) is 89.6 Å². The van der Waals surface area contributed by atoms with Crippen LogP contribution in [0.5, 0.6) is 17.4 Å². The van der Waals surface area contributed by atoms with Gasteiger partial charge in [-0.2, -0.15) is 4.98 Å². The van der Waals surface area contributed by atoms with Crippen molar-refractivity contribution < 1.29 is 19.0 Å². The number of carbonyl (C=O) groups excluding carboxylic acids is 1. The lowest BCUT2D eigenvalue weighted by Gasteiger charge is -2.26. The first-order valence-corrected chi connectivity index (χ1v) is 10.3. The van der Waals surface area contributed by atoms with Gasteiger partial charge in [-0.25, -0.2) is 4.98 Å². The number of carbonyl (C=O) groups is 1. The Hall–Kier alpha value is -3.29. The number of hydrogen-bond donors (Lipinski definition) is 1. The molecule has 0 aliphatic carbocycles. The maximum absolute atomic E-state index is 12.4. The van der Waals surface area contributed by atoms with Gasteiger partial charge in [-0.05, 0) is 50.5 Å². The third-order valence-corrected chi connectivity index (χ3v) is 5.11. The molecular formula is C22H26N4O4. The number of amides is 1. The lowest BCUT2D eigenvalue weighted by Crippen LogP contribution is -2.38. The fourth-order valence-corrected chi connectivity index (χ4v) is 3.54.